The molecule has 17 heavy (non-hydrogen) atoms. The minimum Gasteiger partial charge on any atom is -0.333 e. The largest absolute Gasteiger partial charge is 0.333 e. The Kier molecular flexibility index (Phi) is 3.41. The van der Waals surface area contributed by atoms with Crippen LogP contribution in [-0.4, -0.2) is 27.9 Å². The molecule has 0 aliphatic carbocycles. The van der Waals surface area contributed by atoms with E-state index in [0.717, 1.165) is 19.3 Å². The second kappa shape index (κ2) is 4.82. The third-order valence-electron chi connectivity index (χ3n) is 3.40. The van der Waals surface area contributed by atoms with Crippen LogP contribution in [0.5, 0.6) is 0 Å². The molecule has 1 saturated heterocycles. The highest BCUT2D eigenvalue weighted by molar-refractivity contribution is 5.94. The normalized spacial score (nSPS) is 24.8. The Hall–Kier alpha value is -1.45. The van der Waals surface area contributed by atoms with Crippen molar-refractivity contribution in [3.05, 3.63) is 29.8 Å². The van der Waals surface area contributed by atoms with Gasteiger partial charge in [-0.2, -0.15) is 4.39 Å². The standard InChI is InChI=1S/C13H17FN2O/c1-9-4-3-5-10(2)16(9)13(17)11-6-7-15-12(14)8-11/h6-10H,3-5H2,1-2H3/t9-,10+. The van der Waals surface area contributed by atoms with E-state index < -0.39 is 5.95 Å². The van der Waals surface area contributed by atoms with Gasteiger partial charge >= 0.3 is 0 Å². The summed E-state index contributed by atoms with van der Waals surface area (Å²) in [5.41, 5.74) is 0.387. The fourth-order valence-electron chi connectivity index (χ4n) is 2.51. The smallest absolute Gasteiger partial charge is 0.254 e. The summed E-state index contributed by atoms with van der Waals surface area (Å²) in [6.07, 6.45) is 4.52. The SMILES string of the molecule is C[C@@H]1CCC[C@H](C)N1C(=O)c1ccnc(F)c1. The summed E-state index contributed by atoms with van der Waals surface area (Å²) in [6, 6.07) is 3.22. The number of nitrogens with zero attached hydrogens (tertiary/aromatic N) is 2. The molecular formula is C13H17FN2O. The Morgan fingerprint density at radius 1 is 1.41 bits per heavy atom. The average Bonchev–Trinajstić information content (AvgIpc) is 2.28. The van der Waals surface area contributed by atoms with Crippen LogP contribution < -0.4 is 0 Å². The van der Waals surface area contributed by atoms with Gasteiger partial charge < -0.3 is 4.90 Å². The van der Waals surface area contributed by atoms with Gasteiger partial charge in [0.25, 0.3) is 5.91 Å². The number of amides is 1. The monoisotopic (exact) mass is 236 g/mol. The average molecular weight is 236 g/mol. The molecule has 1 aliphatic rings. The Morgan fingerprint density at radius 2 is 2.06 bits per heavy atom. The molecule has 0 bridgehead atoms. The lowest BCUT2D eigenvalue weighted by Crippen LogP contribution is -2.47. The van der Waals surface area contributed by atoms with Gasteiger partial charge in [0.05, 0.1) is 0 Å². The van der Waals surface area contributed by atoms with Crippen molar-refractivity contribution in [1.82, 2.24) is 9.88 Å². The molecule has 0 spiro atoms. The first-order valence-corrected chi connectivity index (χ1v) is 6.04. The third kappa shape index (κ3) is 2.46. The van der Waals surface area contributed by atoms with Crippen molar-refractivity contribution in [2.45, 2.75) is 45.2 Å². The van der Waals surface area contributed by atoms with Gasteiger partial charge in [-0.25, -0.2) is 4.98 Å². The van der Waals surface area contributed by atoms with Gasteiger partial charge in [0, 0.05) is 29.9 Å². The Labute approximate surface area is 101 Å². The molecule has 1 aromatic rings. The summed E-state index contributed by atoms with van der Waals surface area (Å²) in [6.45, 7) is 4.09. The second-order valence-corrected chi connectivity index (χ2v) is 4.71. The van der Waals surface area contributed by atoms with Gasteiger partial charge in [0.2, 0.25) is 5.95 Å². The van der Waals surface area contributed by atoms with Crippen molar-refractivity contribution in [3.8, 4) is 0 Å². The molecule has 2 rings (SSSR count). The number of likely N-dealkylation sites (tertiary alicyclic amines) is 1. The van der Waals surface area contributed by atoms with Crippen LogP contribution in [-0.2, 0) is 0 Å². The lowest BCUT2D eigenvalue weighted by atomic mass is 9.96. The lowest BCUT2D eigenvalue weighted by Gasteiger charge is -2.39. The molecule has 0 saturated carbocycles. The van der Waals surface area contributed by atoms with Crippen molar-refractivity contribution in [2.75, 3.05) is 0 Å². The van der Waals surface area contributed by atoms with Crippen molar-refractivity contribution in [2.24, 2.45) is 0 Å². The van der Waals surface area contributed by atoms with Crippen molar-refractivity contribution in [3.63, 3.8) is 0 Å². The first-order valence-electron chi connectivity index (χ1n) is 6.04. The van der Waals surface area contributed by atoms with E-state index in [0.29, 0.717) is 5.56 Å². The van der Waals surface area contributed by atoms with E-state index >= 15 is 0 Å². The molecule has 1 aliphatic heterocycles. The second-order valence-electron chi connectivity index (χ2n) is 4.71. The predicted molar refractivity (Wildman–Crippen MR) is 63.1 cm³/mol. The maximum absolute atomic E-state index is 13.0. The minimum absolute atomic E-state index is 0.0917. The molecule has 1 fully saturated rings. The molecule has 2 atom stereocenters. The zero-order valence-electron chi connectivity index (χ0n) is 10.2. The highest BCUT2D eigenvalue weighted by Crippen LogP contribution is 2.24. The zero-order valence-corrected chi connectivity index (χ0v) is 10.2. The van der Waals surface area contributed by atoms with E-state index in [1.165, 1.54) is 12.3 Å². The van der Waals surface area contributed by atoms with E-state index in [1.807, 2.05) is 18.7 Å². The van der Waals surface area contributed by atoms with Crippen molar-refractivity contribution < 1.29 is 9.18 Å². The summed E-state index contributed by atoms with van der Waals surface area (Å²) in [5.74, 6) is -0.695. The van der Waals surface area contributed by atoms with Gasteiger partial charge in [-0.3, -0.25) is 4.79 Å². The Morgan fingerprint density at radius 3 is 2.65 bits per heavy atom. The van der Waals surface area contributed by atoms with Crippen LogP contribution >= 0.6 is 0 Å². The molecule has 2 heterocycles. The summed E-state index contributed by atoms with van der Waals surface area (Å²) in [4.78, 5) is 17.6. The quantitative estimate of drug-likeness (QED) is 0.702. The molecule has 3 nitrogen and oxygen atoms in total. The molecular weight excluding hydrogens is 219 g/mol. The highest BCUT2D eigenvalue weighted by atomic mass is 19.1. The molecule has 0 radical (unpaired) electrons. The first-order chi connectivity index (χ1) is 8.09. The Bertz CT molecular complexity index is 412. The summed E-state index contributed by atoms with van der Waals surface area (Å²) in [7, 11) is 0. The van der Waals surface area contributed by atoms with Crippen molar-refractivity contribution >= 4 is 5.91 Å². The van der Waals surface area contributed by atoms with E-state index in [2.05, 4.69) is 4.98 Å². The minimum atomic E-state index is -0.604. The lowest BCUT2D eigenvalue weighted by molar-refractivity contribution is 0.0510. The molecule has 1 amide bonds. The molecule has 4 heteroatoms. The third-order valence-corrected chi connectivity index (χ3v) is 3.40. The number of halogens is 1. The fraction of sp³-hybridized carbons (Fsp3) is 0.538. The van der Waals surface area contributed by atoms with Crippen LogP contribution in [0.3, 0.4) is 0 Å². The van der Waals surface area contributed by atoms with Crippen LogP contribution in [0.1, 0.15) is 43.5 Å². The van der Waals surface area contributed by atoms with E-state index in [-0.39, 0.29) is 18.0 Å². The van der Waals surface area contributed by atoms with E-state index in [9.17, 15) is 9.18 Å². The zero-order chi connectivity index (χ0) is 12.4. The van der Waals surface area contributed by atoms with E-state index in [1.54, 1.807) is 6.07 Å². The van der Waals surface area contributed by atoms with Crippen LogP contribution in [0.25, 0.3) is 0 Å². The van der Waals surface area contributed by atoms with Crippen LogP contribution in [0.15, 0.2) is 18.3 Å². The molecule has 92 valence electrons. The molecule has 1 aromatic heterocycles. The fourth-order valence-corrected chi connectivity index (χ4v) is 2.51. The number of pyridine rings is 1. The summed E-state index contributed by atoms with van der Waals surface area (Å²) in [5, 5.41) is 0. The topological polar surface area (TPSA) is 33.2 Å². The van der Waals surface area contributed by atoms with Gasteiger partial charge in [-0.1, -0.05) is 0 Å². The highest BCUT2D eigenvalue weighted by Gasteiger charge is 2.29. The number of hydrogen-bond donors (Lipinski definition) is 0. The molecule has 0 aromatic carbocycles. The van der Waals surface area contributed by atoms with Gasteiger partial charge in [-0.15, -0.1) is 0 Å². The number of rotatable bonds is 1. The Balaban J connectivity index is 2.24. The first kappa shape index (κ1) is 12.0. The van der Waals surface area contributed by atoms with Gasteiger partial charge in [0.15, 0.2) is 0 Å². The number of hydrogen-bond acceptors (Lipinski definition) is 2. The molecule has 0 unspecified atom stereocenters. The predicted octanol–water partition coefficient (Wildman–Crippen LogP) is 2.62. The summed E-state index contributed by atoms with van der Waals surface area (Å²) < 4.78 is 13.0. The number of aromatic nitrogens is 1. The summed E-state index contributed by atoms with van der Waals surface area (Å²) >= 11 is 0. The number of carbonyl (C=O) groups excluding carboxylic acids is 1. The van der Waals surface area contributed by atoms with Gasteiger partial charge in [-0.05, 0) is 39.2 Å². The van der Waals surface area contributed by atoms with Crippen molar-refractivity contribution in [1.29, 1.82) is 0 Å². The van der Waals surface area contributed by atoms with E-state index in [4.69, 9.17) is 0 Å². The maximum atomic E-state index is 13.0. The van der Waals surface area contributed by atoms with Crippen LogP contribution in [0.2, 0.25) is 0 Å². The molecule has 0 N–H and O–H groups in total. The maximum Gasteiger partial charge on any atom is 0.254 e. The van der Waals surface area contributed by atoms with Crippen LogP contribution in [0, 0.1) is 5.95 Å². The number of carbonyl (C=O) groups is 1. The van der Waals surface area contributed by atoms with Gasteiger partial charge in [0.1, 0.15) is 0 Å². The van der Waals surface area contributed by atoms with Crippen LogP contribution in [0.4, 0.5) is 4.39 Å². The number of piperidine rings is 1.